The predicted octanol–water partition coefficient (Wildman–Crippen LogP) is 7.08. The number of alkyl halides is 3. The van der Waals surface area contributed by atoms with E-state index in [9.17, 15) is 13.2 Å². The van der Waals surface area contributed by atoms with E-state index in [4.69, 9.17) is 28.3 Å². The molecule has 0 amide bonds. The monoisotopic (exact) mass is 513 g/mol. The number of pyridine rings is 1. The molecule has 176 valence electrons. The Morgan fingerprint density at radius 3 is 2.31 bits per heavy atom. The molecule has 5 nitrogen and oxygen atoms in total. The van der Waals surface area contributed by atoms with Crippen LogP contribution in [0.5, 0.6) is 0 Å². The minimum atomic E-state index is -4.51. The van der Waals surface area contributed by atoms with Crippen molar-refractivity contribution >= 4 is 28.8 Å². The first-order valence-electron chi connectivity index (χ1n) is 10.5. The van der Waals surface area contributed by atoms with Gasteiger partial charge in [-0.2, -0.15) is 22.8 Å². The van der Waals surface area contributed by atoms with E-state index in [2.05, 4.69) is 15.2 Å². The number of rotatable bonds is 4. The quantitative estimate of drug-likeness (QED) is 0.257. The molecule has 35 heavy (non-hydrogen) atoms. The van der Waals surface area contributed by atoms with Gasteiger partial charge in [0, 0.05) is 28.3 Å². The van der Waals surface area contributed by atoms with Crippen molar-refractivity contribution < 1.29 is 13.2 Å². The van der Waals surface area contributed by atoms with E-state index in [1.165, 1.54) is 13.0 Å². The first-order valence-corrected chi connectivity index (χ1v) is 11.3. The predicted molar refractivity (Wildman–Crippen MR) is 128 cm³/mol. The van der Waals surface area contributed by atoms with Gasteiger partial charge in [0.25, 0.3) is 0 Å². The Balaban J connectivity index is 1.64. The van der Waals surface area contributed by atoms with Crippen LogP contribution in [0.25, 0.3) is 28.0 Å². The van der Waals surface area contributed by atoms with Gasteiger partial charge in [0.05, 0.1) is 5.02 Å². The van der Waals surface area contributed by atoms with Crippen LogP contribution >= 0.6 is 23.2 Å². The van der Waals surface area contributed by atoms with Gasteiger partial charge in [0.2, 0.25) is 0 Å². The second-order valence-corrected chi connectivity index (χ2v) is 8.74. The molecule has 5 aromatic rings. The van der Waals surface area contributed by atoms with E-state index < -0.39 is 11.9 Å². The highest BCUT2D eigenvalue weighted by Crippen LogP contribution is 2.35. The topological polar surface area (TPSA) is 56.0 Å². The van der Waals surface area contributed by atoms with E-state index >= 15 is 0 Å². The molecule has 3 heterocycles. The summed E-state index contributed by atoms with van der Waals surface area (Å²) in [6.45, 7) is 1.54. The van der Waals surface area contributed by atoms with Crippen molar-refractivity contribution in [3.63, 3.8) is 0 Å². The van der Waals surface area contributed by atoms with Crippen LogP contribution in [0.4, 0.5) is 13.2 Å². The van der Waals surface area contributed by atoms with Crippen LogP contribution in [0.2, 0.25) is 10.0 Å². The fourth-order valence-corrected chi connectivity index (χ4v) is 4.14. The van der Waals surface area contributed by atoms with Crippen LogP contribution in [-0.4, -0.2) is 24.8 Å². The van der Waals surface area contributed by atoms with Gasteiger partial charge in [0.1, 0.15) is 11.4 Å². The van der Waals surface area contributed by atoms with Crippen LogP contribution in [0, 0.1) is 6.92 Å². The summed E-state index contributed by atoms with van der Waals surface area (Å²) in [5, 5.41) is 14.5. The van der Waals surface area contributed by atoms with Gasteiger partial charge in [0.15, 0.2) is 11.5 Å². The molecule has 10 heteroatoms. The number of aromatic nitrogens is 5. The van der Waals surface area contributed by atoms with Gasteiger partial charge in [-0.15, -0.1) is 10.2 Å². The maximum Gasteiger partial charge on any atom is 0.433 e. The fraction of sp³-hybridized carbons (Fsp3) is 0.120. The third kappa shape index (κ3) is 4.59. The lowest BCUT2D eigenvalue weighted by Gasteiger charge is -2.12. The maximum absolute atomic E-state index is 13.0. The highest BCUT2D eigenvalue weighted by molar-refractivity contribution is 6.33. The Bertz CT molecular complexity index is 1550. The molecular weight excluding hydrogens is 498 g/mol. The molecule has 3 aromatic heterocycles. The summed E-state index contributed by atoms with van der Waals surface area (Å²) >= 11 is 12.6. The minimum Gasteiger partial charge on any atom is -0.248 e. The lowest BCUT2D eigenvalue weighted by molar-refractivity contribution is -0.141. The Morgan fingerprint density at radius 2 is 1.63 bits per heavy atom. The molecular formula is C25H16Cl2F3N5. The summed E-state index contributed by atoms with van der Waals surface area (Å²) in [5.41, 5.74) is 3.38. The Morgan fingerprint density at radius 1 is 0.886 bits per heavy atom. The largest absolute Gasteiger partial charge is 0.433 e. The molecule has 0 aliphatic heterocycles. The molecule has 5 rings (SSSR count). The van der Waals surface area contributed by atoms with Crippen LogP contribution in [0.3, 0.4) is 0 Å². The van der Waals surface area contributed by atoms with Crippen molar-refractivity contribution in [1.82, 2.24) is 24.8 Å². The Hall–Kier alpha value is -3.49. The maximum atomic E-state index is 13.0. The lowest BCUT2D eigenvalue weighted by atomic mass is 10.00. The Labute approximate surface area is 208 Å². The molecule has 0 saturated heterocycles. The zero-order chi connectivity index (χ0) is 24.7. The molecule has 0 spiro atoms. The van der Waals surface area contributed by atoms with Crippen molar-refractivity contribution in [1.29, 1.82) is 0 Å². The van der Waals surface area contributed by atoms with Crippen LogP contribution in [-0.2, 0) is 12.6 Å². The highest BCUT2D eigenvalue weighted by atomic mass is 35.5. The van der Waals surface area contributed by atoms with E-state index in [-0.39, 0.29) is 12.1 Å². The molecule has 0 atom stereocenters. The summed E-state index contributed by atoms with van der Waals surface area (Å²) in [6, 6.07) is 18.9. The minimum absolute atomic E-state index is 0.202. The second-order valence-electron chi connectivity index (χ2n) is 7.90. The first-order chi connectivity index (χ1) is 16.7. The van der Waals surface area contributed by atoms with Gasteiger partial charge in [-0.05, 0) is 48.4 Å². The number of fused-ring (bicyclic) bond motifs is 1. The first kappa shape index (κ1) is 23.3. The highest BCUT2D eigenvalue weighted by Gasteiger charge is 2.32. The molecule has 0 N–H and O–H groups in total. The third-order valence-corrected chi connectivity index (χ3v) is 6.16. The molecule has 0 aliphatic rings. The van der Waals surface area contributed by atoms with Gasteiger partial charge in [-0.3, -0.25) is 0 Å². The number of aryl methyl sites for hydroxylation is 1. The van der Waals surface area contributed by atoms with Crippen molar-refractivity contribution in [3.8, 4) is 22.4 Å². The van der Waals surface area contributed by atoms with Crippen molar-refractivity contribution in [2.45, 2.75) is 19.5 Å². The van der Waals surface area contributed by atoms with Crippen molar-refractivity contribution in [2.75, 3.05) is 0 Å². The molecule has 0 bridgehead atoms. The summed E-state index contributed by atoms with van der Waals surface area (Å²) in [6.07, 6.45) is -4.30. The average molecular weight is 514 g/mol. The smallest absolute Gasteiger partial charge is 0.248 e. The van der Waals surface area contributed by atoms with Gasteiger partial charge in [-0.25, -0.2) is 4.98 Å². The molecule has 2 aromatic carbocycles. The lowest BCUT2D eigenvalue weighted by Crippen LogP contribution is -2.10. The van der Waals surface area contributed by atoms with Crippen LogP contribution in [0.15, 0.2) is 66.7 Å². The standard InChI is InChI=1S/C25H16Cl2F3N5/c1-14-16(8-11-21(31-14)25(28,29)30)12-22-32-33-23-13-19(15-6-9-17(26)10-7-15)24(34-35(22)23)18-4-2-3-5-20(18)27/h2-11,13H,12H2,1H3. The molecule has 0 unspecified atom stereocenters. The summed E-state index contributed by atoms with van der Waals surface area (Å²) in [4.78, 5) is 3.71. The number of benzene rings is 2. The van der Waals surface area contributed by atoms with Gasteiger partial charge in [-0.1, -0.05) is 59.6 Å². The van der Waals surface area contributed by atoms with Crippen LogP contribution in [0.1, 0.15) is 22.8 Å². The fourth-order valence-electron chi connectivity index (χ4n) is 3.79. The normalized spacial score (nSPS) is 11.8. The number of nitrogens with zero attached hydrogens (tertiary/aromatic N) is 5. The van der Waals surface area contributed by atoms with E-state index in [0.29, 0.717) is 38.3 Å². The van der Waals surface area contributed by atoms with E-state index in [1.807, 2.05) is 36.4 Å². The molecule has 0 radical (unpaired) electrons. The summed E-state index contributed by atoms with van der Waals surface area (Å²) in [5.74, 6) is 0.459. The molecule has 0 saturated carbocycles. The van der Waals surface area contributed by atoms with E-state index in [1.54, 1.807) is 22.7 Å². The number of hydrogen-bond donors (Lipinski definition) is 0. The average Bonchev–Trinajstić information content (AvgIpc) is 3.21. The molecule has 0 aliphatic carbocycles. The third-order valence-electron chi connectivity index (χ3n) is 5.58. The zero-order valence-electron chi connectivity index (χ0n) is 18.2. The van der Waals surface area contributed by atoms with Crippen LogP contribution < -0.4 is 0 Å². The summed E-state index contributed by atoms with van der Waals surface area (Å²) < 4.78 is 40.6. The SMILES string of the molecule is Cc1nc(C(F)(F)F)ccc1Cc1nnc2cc(-c3ccc(Cl)cc3)c(-c3ccccc3Cl)nn12. The second kappa shape index (κ2) is 8.94. The molecule has 0 fully saturated rings. The number of hydrogen-bond acceptors (Lipinski definition) is 4. The number of halogens is 5. The summed E-state index contributed by atoms with van der Waals surface area (Å²) in [7, 11) is 0. The van der Waals surface area contributed by atoms with E-state index in [0.717, 1.165) is 17.2 Å². The zero-order valence-corrected chi connectivity index (χ0v) is 19.7. The van der Waals surface area contributed by atoms with Gasteiger partial charge < -0.3 is 0 Å². The van der Waals surface area contributed by atoms with Gasteiger partial charge >= 0.3 is 6.18 Å². The van der Waals surface area contributed by atoms with Crippen molar-refractivity contribution in [3.05, 3.63) is 99.6 Å². The Kier molecular flexibility index (Phi) is 5.94. The van der Waals surface area contributed by atoms with Crippen molar-refractivity contribution in [2.24, 2.45) is 0 Å².